The first-order valence-corrected chi connectivity index (χ1v) is 6.53. The first kappa shape index (κ1) is 10.8. The second kappa shape index (κ2) is 4.53. The maximum absolute atomic E-state index is 12.1. The fourth-order valence-corrected chi connectivity index (χ4v) is 3.14. The number of hydrogen-bond acceptors (Lipinski definition) is 2. The normalized spacial score (nSPS) is 32.1. The van der Waals surface area contributed by atoms with Gasteiger partial charge >= 0.3 is 0 Å². The van der Waals surface area contributed by atoms with E-state index in [4.69, 9.17) is 0 Å². The van der Waals surface area contributed by atoms with Gasteiger partial charge in [0.25, 0.3) is 5.91 Å². The molecular formula is C13H19N3O. The van der Waals surface area contributed by atoms with Gasteiger partial charge in [0.05, 0.1) is 6.04 Å². The molecule has 4 heteroatoms. The highest BCUT2D eigenvalue weighted by atomic mass is 16.2. The summed E-state index contributed by atoms with van der Waals surface area (Å²) in [5.41, 5.74) is 2.89. The fraction of sp³-hybridized carbons (Fsp3) is 0.615. The molecule has 3 unspecified atom stereocenters. The number of hydrogen-bond donors (Lipinski definition) is 2. The van der Waals surface area contributed by atoms with Crippen LogP contribution in [0.2, 0.25) is 0 Å². The quantitative estimate of drug-likeness (QED) is 0.812. The molecule has 0 radical (unpaired) electrons. The Morgan fingerprint density at radius 1 is 1.24 bits per heavy atom. The largest absolute Gasteiger partial charge is 0.303 e. The Morgan fingerprint density at radius 3 is 2.76 bits per heavy atom. The average molecular weight is 233 g/mol. The molecule has 1 amide bonds. The number of amides is 1. The fourth-order valence-electron chi connectivity index (χ4n) is 3.14. The first-order valence-electron chi connectivity index (χ1n) is 6.53. The van der Waals surface area contributed by atoms with Gasteiger partial charge in [-0.05, 0) is 37.3 Å². The molecule has 1 saturated carbocycles. The third-order valence-corrected chi connectivity index (χ3v) is 4.02. The van der Waals surface area contributed by atoms with Crippen molar-refractivity contribution < 1.29 is 4.79 Å². The van der Waals surface area contributed by atoms with Gasteiger partial charge in [-0.25, -0.2) is 0 Å². The molecule has 3 rings (SSSR count). The van der Waals surface area contributed by atoms with E-state index in [-0.39, 0.29) is 11.9 Å². The van der Waals surface area contributed by atoms with Crippen molar-refractivity contribution in [3.05, 3.63) is 24.5 Å². The van der Waals surface area contributed by atoms with Crippen molar-refractivity contribution >= 4 is 5.91 Å². The maximum atomic E-state index is 12.1. The molecule has 0 spiro atoms. The van der Waals surface area contributed by atoms with Crippen LogP contribution in [0.25, 0.3) is 0 Å². The van der Waals surface area contributed by atoms with E-state index in [0.29, 0.717) is 12.0 Å². The van der Waals surface area contributed by atoms with Crippen LogP contribution in [0.5, 0.6) is 0 Å². The van der Waals surface area contributed by atoms with Gasteiger partial charge in [0.15, 0.2) is 0 Å². The van der Waals surface area contributed by atoms with Crippen molar-refractivity contribution in [1.82, 2.24) is 9.99 Å². The van der Waals surface area contributed by atoms with E-state index in [0.717, 1.165) is 6.42 Å². The predicted molar refractivity (Wildman–Crippen MR) is 66.1 cm³/mol. The molecule has 2 aliphatic rings. The van der Waals surface area contributed by atoms with Crippen LogP contribution in [0.15, 0.2) is 24.5 Å². The molecular weight excluding hydrogens is 214 g/mol. The minimum Gasteiger partial charge on any atom is -0.303 e. The van der Waals surface area contributed by atoms with Crippen molar-refractivity contribution in [2.45, 2.75) is 44.2 Å². The maximum Gasteiger partial charge on any atom is 0.255 e. The molecule has 2 fully saturated rings. The SMILES string of the molecule is O=C(Nn1cccc1)C1CC2CCCCC2N1. The van der Waals surface area contributed by atoms with Crippen LogP contribution in [0.4, 0.5) is 0 Å². The van der Waals surface area contributed by atoms with E-state index < -0.39 is 0 Å². The minimum atomic E-state index is -0.00880. The van der Waals surface area contributed by atoms with Gasteiger partial charge in [0.2, 0.25) is 0 Å². The Morgan fingerprint density at radius 2 is 2.00 bits per heavy atom. The summed E-state index contributed by atoms with van der Waals surface area (Å²) >= 11 is 0. The summed E-state index contributed by atoms with van der Waals surface area (Å²) < 4.78 is 1.71. The Hall–Kier alpha value is -1.29. The van der Waals surface area contributed by atoms with Gasteiger partial charge in [-0.2, -0.15) is 0 Å². The number of fused-ring (bicyclic) bond motifs is 1. The van der Waals surface area contributed by atoms with Gasteiger partial charge < -0.3 is 5.32 Å². The summed E-state index contributed by atoms with van der Waals surface area (Å²) in [7, 11) is 0. The second-order valence-electron chi connectivity index (χ2n) is 5.17. The number of nitrogens with one attached hydrogen (secondary N) is 2. The first-order chi connectivity index (χ1) is 8.33. The summed E-state index contributed by atoms with van der Waals surface area (Å²) in [6, 6.07) is 4.37. The standard InChI is InChI=1S/C13H19N3O/c17-13(15-16-7-3-4-8-16)12-9-10-5-1-2-6-11(10)14-12/h3-4,7-8,10-12,14H,1-2,5-6,9H2,(H,15,17). The highest BCUT2D eigenvalue weighted by molar-refractivity contribution is 5.89. The Balaban J connectivity index is 1.60. The summed E-state index contributed by atoms with van der Waals surface area (Å²) in [6.45, 7) is 0. The number of carbonyl (C=O) groups excluding carboxylic acids is 1. The molecule has 1 aromatic heterocycles. The zero-order valence-electron chi connectivity index (χ0n) is 9.93. The molecule has 4 nitrogen and oxygen atoms in total. The molecule has 17 heavy (non-hydrogen) atoms. The number of aromatic nitrogens is 1. The van der Waals surface area contributed by atoms with Crippen LogP contribution in [-0.4, -0.2) is 22.7 Å². The van der Waals surface area contributed by atoms with Gasteiger partial charge in [-0.15, -0.1) is 0 Å². The third kappa shape index (κ3) is 2.22. The van der Waals surface area contributed by atoms with E-state index >= 15 is 0 Å². The minimum absolute atomic E-state index is 0.00880. The van der Waals surface area contributed by atoms with Crippen molar-refractivity contribution in [1.29, 1.82) is 0 Å². The molecule has 3 atom stereocenters. The van der Waals surface area contributed by atoms with E-state index in [9.17, 15) is 4.79 Å². The molecule has 2 N–H and O–H groups in total. The topological polar surface area (TPSA) is 46.1 Å². The second-order valence-corrected chi connectivity index (χ2v) is 5.17. The highest BCUT2D eigenvalue weighted by Gasteiger charge is 2.38. The molecule has 2 heterocycles. The zero-order chi connectivity index (χ0) is 11.7. The monoisotopic (exact) mass is 233 g/mol. The summed E-state index contributed by atoms with van der Waals surface area (Å²) in [5, 5.41) is 3.48. The van der Waals surface area contributed by atoms with Gasteiger partial charge in [-0.3, -0.25) is 14.9 Å². The Labute approximate surface area is 101 Å². The molecule has 1 aliphatic carbocycles. The van der Waals surface area contributed by atoms with E-state index in [1.807, 2.05) is 24.5 Å². The number of rotatable bonds is 2. The molecule has 92 valence electrons. The van der Waals surface area contributed by atoms with Gasteiger partial charge in [0.1, 0.15) is 0 Å². The van der Waals surface area contributed by atoms with Crippen molar-refractivity contribution in [2.75, 3.05) is 5.43 Å². The van der Waals surface area contributed by atoms with Crippen molar-refractivity contribution in [2.24, 2.45) is 5.92 Å². The number of nitrogens with zero attached hydrogens (tertiary/aromatic N) is 1. The lowest BCUT2D eigenvalue weighted by Gasteiger charge is -2.24. The molecule has 0 bridgehead atoms. The van der Waals surface area contributed by atoms with Gasteiger partial charge in [0, 0.05) is 18.4 Å². The zero-order valence-corrected chi connectivity index (χ0v) is 9.93. The summed E-state index contributed by atoms with van der Waals surface area (Å²) in [6.07, 6.45) is 9.84. The van der Waals surface area contributed by atoms with Crippen LogP contribution >= 0.6 is 0 Å². The van der Waals surface area contributed by atoms with Crippen LogP contribution < -0.4 is 10.7 Å². The number of carbonyl (C=O) groups is 1. The molecule has 1 saturated heterocycles. The lowest BCUT2D eigenvalue weighted by atomic mass is 9.85. The smallest absolute Gasteiger partial charge is 0.255 e. The van der Waals surface area contributed by atoms with E-state index in [1.54, 1.807) is 4.68 Å². The Kier molecular flexibility index (Phi) is 2.89. The van der Waals surface area contributed by atoms with Crippen molar-refractivity contribution in [3.63, 3.8) is 0 Å². The summed E-state index contributed by atoms with van der Waals surface area (Å²) in [5.74, 6) is 0.805. The predicted octanol–water partition coefficient (Wildman–Crippen LogP) is 1.48. The van der Waals surface area contributed by atoms with Crippen LogP contribution in [-0.2, 0) is 4.79 Å². The molecule has 0 aromatic carbocycles. The lowest BCUT2D eigenvalue weighted by Crippen LogP contribution is -2.41. The van der Waals surface area contributed by atoms with Crippen LogP contribution in [0.3, 0.4) is 0 Å². The van der Waals surface area contributed by atoms with E-state index in [1.165, 1.54) is 25.7 Å². The van der Waals surface area contributed by atoms with Gasteiger partial charge in [-0.1, -0.05) is 12.8 Å². The lowest BCUT2D eigenvalue weighted by molar-refractivity contribution is -0.118. The average Bonchev–Trinajstić information content (AvgIpc) is 2.96. The van der Waals surface area contributed by atoms with Crippen LogP contribution in [0.1, 0.15) is 32.1 Å². The van der Waals surface area contributed by atoms with Crippen LogP contribution in [0, 0.1) is 5.92 Å². The highest BCUT2D eigenvalue weighted by Crippen LogP contribution is 2.33. The molecule has 1 aromatic rings. The van der Waals surface area contributed by atoms with Crippen molar-refractivity contribution in [3.8, 4) is 0 Å². The third-order valence-electron chi connectivity index (χ3n) is 4.02. The molecule has 1 aliphatic heterocycles. The Bertz CT molecular complexity index is 373. The summed E-state index contributed by atoms with van der Waals surface area (Å²) in [4.78, 5) is 12.1. The van der Waals surface area contributed by atoms with E-state index in [2.05, 4.69) is 10.7 Å².